The molecule has 104 valence electrons. The number of rotatable bonds is 5. The van der Waals surface area contributed by atoms with Crippen LogP contribution in [-0.2, 0) is 4.79 Å². The summed E-state index contributed by atoms with van der Waals surface area (Å²) >= 11 is 7.38. The number of nitrogens with zero attached hydrogens (tertiary/aromatic N) is 1. The van der Waals surface area contributed by atoms with Gasteiger partial charge < -0.3 is 10.3 Å². The highest BCUT2D eigenvalue weighted by Crippen LogP contribution is 2.31. The minimum Gasteiger partial charge on any atom is -0.481 e. The lowest BCUT2D eigenvalue weighted by Crippen LogP contribution is -2.05. The molecule has 0 saturated heterocycles. The van der Waals surface area contributed by atoms with Gasteiger partial charge in [0, 0.05) is 11.3 Å². The van der Waals surface area contributed by atoms with Crippen molar-refractivity contribution < 1.29 is 15.1 Å². The zero-order chi connectivity index (χ0) is 14.5. The van der Waals surface area contributed by atoms with Crippen molar-refractivity contribution in [2.75, 3.05) is 0 Å². The molecule has 2 N–H and O–H groups in total. The molecular formula is C14H12ClNO3S. The third-order valence-electron chi connectivity index (χ3n) is 2.77. The molecular weight excluding hydrogens is 298 g/mol. The largest absolute Gasteiger partial charge is 0.481 e. The van der Waals surface area contributed by atoms with E-state index in [1.165, 1.54) is 11.3 Å². The Morgan fingerprint density at radius 3 is 2.35 bits per heavy atom. The molecule has 1 aromatic carbocycles. The van der Waals surface area contributed by atoms with E-state index >= 15 is 0 Å². The van der Waals surface area contributed by atoms with E-state index in [0.717, 1.165) is 14.8 Å². The molecule has 0 radical (unpaired) electrons. The van der Waals surface area contributed by atoms with Gasteiger partial charge in [-0.1, -0.05) is 41.0 Å². The zero-order valence-corrected chi connectivity index (χ0v) is 12.0. The van der Waals surface area contributed by atoms with Gasteiger partial charge in [-0.3, -0.25) is 4.79 Å². The van der Waals surface area contributed by atoms with Crippen LogP contribution in [0.4, 0.5) is 0 Å². The SMILES string of the molecule is O=C(O)CC/C(=N/O)c1ccc(-c2ccc(Cl)s2)cc1. The molecule has 0 bridgehead atoms. The number of halogens is 1. The van der Waals surface area contributed by atoms with Gasteiger partial charge in [-0.25, -0.2) is 0 Å². The van der Waals surface area contributed by atoms with E-state index in [-0.39, 0.29) is 12.8 Å². The molecule has 0 unspecified atom stereocenters. The van der Waals surface area contributed by atoms with Crippen LogP contribution >= 0.6 is 22.9 Å². The average Bonchev–Trinajstić information content (AvgIpc) is 2.86. The Bertz CT molecular complexity index is 634. The van der Waals surface area contributed by atoms with Gasteiger partial charge in [0.2, 0.25) is 0 Å². The van der Waals surface area contributed by atoms with Crippen molar-refractivity contribution in [2.45, 2.75) is 12.8 Å². The van der Waals surface area contributed by atoms with Crippen molar-refractivity contribution in [3.63, 3.8) is 0 Å². The Balaban J connectivity index is 2.16. The lowest BCUT2D eigenvalue weighted by atomic mass is 10.0. The molecule has 2 aromatic rings. The Morgan fingerprint density at radius 2 is 1.85 bits per heavy atom. The van der Waals surface area contributed by atoms with Crippen LogP contribution in [0.5, 0.6) is 0 Å². The van der Waals surface area contributed by atoms with Gasteiger partial charge in [0.15, 0.2) is 0 Å². The van der Waals surface area contributed by atoms with Gasteiger partial charge in [0.05, 0.1) is 16.5 Å². The van der Waals surface area contributed by atoms with Gasteiger partial charge in [0.1, 0.15) is 0 Å². The number of benzene rings is 1. The fourth-order valence-electron chi connectivity index (χ4n) is 1.77. The lowest BCUT2D eigenvalue weighted by Gasteiger charge is -2.04. The first-order valence-electron chi connectivity index (χ1n) is 5.89. The molecule has 0 fully saturated rings. The van der Waals surface area contributed by atoms with Gasteiger partial charge in [-0.2, -0.15) is 0 Å². The van der Waals surface area contributed by atoms with E-state index in [4.69, 9.17) is 21.9 Å². The van der Waals surface area contributed by atoms with Crippen molar-refractivity contribution in [2.24, 2.45) is 5.16 Å². The Labute approximate surface area is 124 Å². The summed E-state index contributed by atoms with van der Waals surface area (Å²) < 4.78 is 0.725. The fourth-order valence-corrected chi connectivity index (χ4v) is 2.82. The highest BCUT2D eigenvalue weighted by molar-refractivity contribution is 7.19. The molecule has 0 amide bonds. The van der Waals surface area contributed by atoms with Gasteiger partial charge in [-0.15, -0.1) is 11.3 Å². The van der Waals surface area contributed by atoms with Gasteiger partial charge >= 0.3 is 5.97 Å². The Kier molecular flexibility index (Phi) is 4.76. The maximum absolute atomic E-state index is 10.5. The number of thiophene rings is 1. The predicted molar refractivity (Wildman–Crippen MR) is 80.0 cm³/mol. The molecule has 20 heavy (non-hydrogen) atoms. The second kappa shape index (κ2) is 6.54. The second-order valence-corrected chi connectivity index (χ2v) is 5.84. The number of carbonyl (C=O) groups is 1. The van der Waals surface area contributed by atoms with E-state index in [1.54, 1.807) is 12.1 Å². The zero-order valence-electron chi connectivity index (χ0n) is 10.4. The summed E-state index contributed by atoms with van der Waals surface area (Å²) in [5.74, 6) is -0.920. The lowest BCUT2D eigenvalue weighted by molar-refractivity contribution is -0.136. The molecule has 0 aliphatic carbocycles. The molecule has 0 spiro atoms. The molecule has 2 rings (SSSR count). The van der Waals surface area contributed by atoms with Crippen LogP contribution in [0, 0.1) is 0 Å². The fraction of sp³-hybridized carbons (Fsp3) is 0.143. The van der Waals surface area contributed by atoms with Crippen LogP contribution in [0.15, 0.2) is 41.6 Å². The van der Waals surface area contributed by atoms with E-state index in [2.05, 4.69) is 5.16 Å². The van der Waals surface area contributed by atoms with Crippen LogP contribution in [0.1, 0.15) is 18.4 Å². The molecule has 0 aliphatic rings. The van der Waals surface area contributed by atoms with E-state index in [1.807, 2.05) is 24.3 Å². The van der Waals surface area contributed by atoms with Crippen LogP contribution < -0.4 is 0 Å². The highest BCUT2D eigenvalue weighted by Gasteiger charge is 2.08. The van der Waals surface area contributed by atoms with Crippen molar-refractivity contribution in [1.29, 1.82) is 0 Å². The summed E-state index contributed by atoms with van der Waals surface area (Å²) in [7, 11) is 0. The third kappa shape index (κ3) is 3.59. The topological polar surface area (TPSA) is 69.9 Å². The minimum absolute atomic E-state index is 0.0678. The first-order chi connectivity index (χ1) is 9.60. The number of hydrogen-bond acceptors (Lipinski definition) is 4. The van der Waals surface area contributed by atoms with Crippen LogP contribution in [0.2, 0.25) is 4.34 Å². The molecule has 1 heterocycles. The van der Waals surface area contributed by atoms with Gasteiger partial charge in [0.25, 0.3) is 0 Å². The quantitative estimate of drug-likeness (QED) is 0.496. The minimum atomic E-state index is -0.920. The smallest absolute Gasteiger partial charge is 0.303 e. The van der Waals surface area contributed by atoms with Gasteiger partial charge in [-0.05, 0) is 23.3 Å². The normalized spacial score (nSPS) is 11.6. The first-order valence-corrected chi connectivity index (χ1v) is 7.08. The van der Waals surface area contributed by atoms with Crippen LogP contribution in [0.3, 0.4) is 0 Å². The summed E-state index contributed by atoms with van der Waals surface area (Å²) in [5.41, 5.74) is 2.09. The number of oxime groups is 1. The van der Waals surface area contributed by atoms with Crippen LogP contribution in [-0.4, -0.2) is 22.0 Å². The molecule has 6 heteroatoms. The van der Waals surface area contributed by atoms with E-state index in [9.17, 15) is 4.79 Å². The maximum Gasteiger partial charge on any atom is 0.303 e. The summed E-state index contributed by atoms with van der Waals surface area (Å²) in [4.78, 5) is 11.6. The molecule has 0 aliphatic heterocycles. The average molecular weight is 310 g/mol. The molecule has 0 atom stereocenters. The highest BCUT2D eigenvalue weighted by atomic mass is 35.5. The number of aliphatic carboxylic acids is 1. The van der Waals surface area contributed by atoms with Crippen molar-refractivity contribution in [1.82, 2.24) is 0 Å². The maximum atomic E-state index is 10.5. The Morgan fingerprint density at radius 1 is 1.15 bits per heavy atom. The van der Waals surface area contributed by atoms with Crippen molar-refractivity contribution in [3.8, 4) is 10.4 Å². The monoisotopic (exact) mass is 309 g/mol. The number of hydrogen-bond donors (Lipinski definition) is 2. The van der Waals surface area contributed by atoms with E-state index < -0.39 is 5.97 Å². The standard InChI is InChI=1S/C14H12ClNO3S/c15-13-7-6-12(20-13)10-3-1-9(2-4-10)11(16-19)5-8-14(17)18/h1-4,6-7,19H,5,8H2,(H,17,18)/b16-11-. The third-order valence-corrected chi connectivity index (χ3v) is 4.05. The van der Waals surface area contributed by atoms with E-state index in [0.29, 0.717) is 11.3 Å². The summed E-state index contributed by atoms with van der Waals surface area (Å²) in [5, 5.41) is 20.8. The first kappa shape index (κ1) is 14.6. The molecule has 1 aromatic heterocycles. The second-order valence-electron chi connectivity index (χ2n) is 4.12. The summed E-state index contributed by atoms with van der Waals surface area (Å²) in [6.45, 7) is 0. The molecule has 4 nitrogen and oxygen atoms in total. The predicted octanol–water partition coefficient (Wildman–Crippen LogP) is 4.11. The Hall–Kier alpha value is -1.85. The summed E-state index contributed by atoms with van der Waals surface area (Å²) in [6.07, 6.45) is 0.123. The summed E-state index contributed by atoms with van der Waals surface area (Å²) in [6, 6.07) is 11.2. The van der Waals surface area contributed by atoms with Crippen LogP contribution in [0.25, 0.3) is 10.4 Å². The van der Waals surface area contributed by atoms with Crippen molar-refractivity contribution >= 4 is 34.6 Å². The number of carboxylic acid groups (broad SMARTS) is 1. The molecule has 0 saturated carbocycles. The number of carboxylic acids is 1. The van der Waals surface area contributed by atoms with Crippen molar-refractivity contribution in [3.05, 3.63) is 46.3 Å².